The van der Waals surface area contributed by atoms with Crippen molar-refractivity contribution in [3.8, 4) is 0 Å². The van der Waals surface area contributed by atoms with Crippen LogP contribution in [0.3, 0.4) is 0 Å². The summed E-state index contributed by atoms with van der Waals surface area (Å²) in [5.41, 5.74) is 1.25. The SMILES string of the molecule is COC(=O)c1ccc2c(C(=O)c3ccccc3)c(C(=O)OC)ccc2c1. The maximum atomic E-state index is 13.1. The Bertz CT molecular complexity index is 1010. The van der Waals surface area contributed by atoms with Gasteiger partial charge in [0, 0.05) is 11.1 Å². The fraction of sp³-hybridized carbons (Fsp3) is 0.0952. The molecule has 5 nitrogen and oxygen atoms in total. The molecule has 0 amide bonds. The van der Waals surface area contributed by atoms with Gasteiger partial charge >= 0.3 is 11.9 Å². The first-order valence-electron chi connectivity index (χ1n) is 7.90. The van der Waals surface area contributed by atoms with Crippen molar-refractivity contribution < 1.29 is 23.9 Å². The zero-order valence-electron chi connectivity index (χ0n) is 14.3. The van der Waals surface area contributed by atoms with Crippen molar-refractivity contribution in [3.05, 3.63) is 82.9 Å². The minimum atomic E-state index is -0.594. The number of hydrogen-bond donors (Lipinski definition) is 0. The van der Waals surface area contributed by atoms with E-state index in [0.29, 0.717) is 21.9 Å². The van der Waals surface area contributed by atoms with Gasteiger partial charge in [0.05, 0.1) is 25.3 Å². The van der Waals surface area contributed by atoms with Gasteiger partial charge in [0.25, 0.3) is 0 Å². The Morgan fingerprint density at radius 1 is 0.731 bits per heavy atom. The highest BCUT2D eigenvalue weighted by Gasteiger charge is 2.22. The van der Waals surface area contributed by atoms with Crippen molar-refractivity contribution in [2.75, 3.05) is 14.2 Å². The molecule has 0 spiro atoms. The van der Waals surface area contributed by atoms with E-state index in [1.165, 1.54) is 20.3 Å². The minimum absolute atomic E-state index is 0.180. The number of methoxy groups -OCH3 is 2. The lowest BCUT2D eigenvalue weighted by molar-refractivity contribution is 0.0590. The van der Waals surface area contributed by atoms with Crippen molar-refractivity contribution in [1.29, 1.82) is 0 Å². The number of benzene rings is 3. The summed E-state index contributed by atoms with van der Waals surface area (Å²) in [4.78, 5) is 37.0. The topological polar surface area (TPSA) is 69.7 Å². The fourth-order valence-corrected chi connectivity index (χ4v) is 2.83. The summed E-state index contributed by atoms with van der Waals surface area (Å²) < 4.78 is 9.56. The summed E-state index contributed by atoms with van der Waals surface area (Å²) in [5, 5.41) is 1.22. The van der Waals surface area contributed by atoms with E-state index in [-0.39, 0.29) is 16.9 Å². The van der Waals surface area contributed by atoms with Gasteiger partial charge in [0.2, 0.25) is 0 Å². The average molecular weight is 348 g/mol. The molecule has 26 heavy (non-hydrogen) atoms. The quantitative estimate of drug-likeness (QED) is 0.532. The third-order valence-corrected chi connectivity index (χ3v) is 4.11. The zero-order chi connectivity index (χ0) is 18.7. The molecule has 3 aromatic carbocycles. The second-order valence-corrected chi connectivity index (χ2v) is 5.60. The number of fused-ring (bicyclic) bond motifs is 1. The molecule has 0 aliphatic rings. The lowest BCUT2D eigenvalue weighted by Gasteiger charge is -2.12. The number of esters is 2. The van der Waals surface area contributed by atoms with Crippen LogP contribution >= 0.6 is 0 Å². The summed E-state index contributed by atoms with van der Waals surface area (Å²) in [7, 11) is 2.57. The maximum Gasteiger partial charge on any atom is 0.338 e. The molecule has 130 valence electrons. The highest BCUT2D eigenvalue weighted by molar-refractivity contribution is 6.21. The summed E-state index contributed by atoms with van der Waals surface area (Å²) in [6.07, 6.45) is 0. The molecule has 5 heteroatoms. The van der Waals surface area contributed by atoms with Crippen LogP contribution in [0.4, 0.5) is 0 Å². The Morgan fingerprint density at radius 2 is 1.42 bits per heavy atom. The molecule has 0 aliphatic carbocycles. The molecule has 0 saturated carbocycles. The van der Waals surface area contributed by atoms with Crippen LogP contribution in [0.5, 0.6) is 0 Å². The van der Waals surface area contributed by atoms with Crippen LogP contribution in [0.2, 0.25) is 0 Å². The van der Waals surface area contributed by atoms with E-state index >= 15 is 0 Å². The Hall–Kier alpha value is -3.47. The Labute approximate surface area is 150 Å². The number of hydrogen-bond acceptors (Lipinski definition) is 5. The van der Waals surface area contributed by atoms with E-state index in [4.69, 9.17) is 9.47 Å². The molecule has 0 radical (unpaired) electrons. The number of ether oxygens (including phenoxy) is 2. The van der Waals surface area contributed by atoms with Crippen LogP contribution in [-0.4, -0.2) is 31.9 Å². The minimum Gasteiger partial charge on any atom is -0.465 e. The van der Waals surface area contributed by atoms with Crippen molar-refractivity contribution in [1.82, 2.24) is 0 Å². The number of rotatable bonds is 4. The van der Waals surface area contributed by atoms with E-state index in [2.05, 4.69) is 0 Å². The van der Waals surface area contributed by atoms with Crippen molar-refractivity contribution >= 4 is 28.5 Å². The van der Waals surface area contributed by atoms with E-state index in [1.807, 2.05) is 6.07 Å². The van der Waals surface area contributed by atoms with Gasteiger partial charge in [-0.25, -0.2) is 9.59 Å². The van der Waals surface area contributed by atoms with Crippen LogP contribution in [0.15, 0.2) is 60.7 Å². The standard InChI is InChI=1S/C21H16O5/c1-25-20(23)15-9-10-16-14(12-15)8-11-17(21(24)26-2)18(16)19(22)13-6-4-3-5-7-13/h3-12H,1-2H3. The van der Waals surface area contributed by atoms with Gasteiger partial charge in [-0.2, -0.15) is 0 Å². The Kier molecular flexibility index (Phi) is 4.80. The number of carbonyl (C=O) groups excluding carboxylic acids is 3. The van der Waals surface area contributed by atoms with Crippen LogP contribution in [0, 0.1) is 0 Å². The normalized spacial score (nSPS) is 10.4. The molecular weight excluding hydrogens is 332 g/mol. The third kappa shape index (κ3) is 3.07. The van der Waals surface area contributed by atoms with E-state index in [0.717, 1.165) is 0 Å². The Morgan fingerprint density at radius 3 is 2.08 bits per heavy atom. The van der Waals surface area contributed by atoms with Gasteiger partial charge < -0.3 is 9.47 Å². The van der Waals surface area contributed by atoms with Crippen LogP contribution in [0.1, 0.15) is 36.6 Å². The number of carbonyl (C=O) groups is 3. The summed E-state index contributed by atoms with van der Waals surface area (Å²) in [5.74, 6) is -1.36. The van der Waals surface area contributed by atoms with Crippen LogP contribution < -0.4 is 0 Å². The second-order valence-electron chi connectivity index (χ2n) is 5.60. The molecule has 3 aromatic rings. The summed E-state index contributed by atoms with van der Waals surface area (Å²) >= 11 is 0. The first kappa shape index (κ1) is 17.4. The largest absolute Gasteiger partial charge is 0.465 e. The van der Waals surface area contributed by atoms with E-state index in [9.17, 15) is 14.4 Å². The van der Waals surface area contributed by atoms with Gasteiger partial charge in [-0.1, -0.05) is 42.5 Å². The van der Waals surface area contributed by atoms with Gasteiger partial charge in [0.1, 0.15) is 0 Å². The summed E-state index contributed by atoms with van der Waals surface area (Å²) in [6, 6.07) is 16.7. The van der Waals surface area contributed by atoms with Gasteiger partial charge in [-0.05, 0) is 29.0 Å². The maximum absolute atomic E-state index is 13.1. The van der Waals surface area contributed by atoms with E-state index < -0.39 is 11.9 Å². The molecule has 0 N–H and O–H groups in total. The van der Waals surface area contributed by atoms with Crippen LogP contribution in [-0.2, 0) is 9.47 Å². The molecule has 0 saturated heterocycles. The highest BCUT2D eigenvalue weighted by atomic mass is 16.5. The van der Waals surface area contributed by atoms with E-state index in [1.54, 1.807) is 48.5 Å². The monoisotopic (exact) mass is 348 g/mol. The smallest absolute Gasteiger partial charge is 0.338 e. The fourth-order valence-electron chi connectivity index (χ4n) is 2.83. The molecule has 0 unspecified atom stereocenters. The van der Waals surface area contributed by atoms with Gasteiger partial charge in [-0.3, -0.25) is 4.79 Å². The van der Waals surface area contributed by atoms with Gasteiger partial charge in [0.15, 0.2) is 5.78 Å². The number of ketones is 1. The lowest BCUT2D eigenvalue weighted by atomic mass is 9.92. The summed E-state index contributed by atoms with van der Waals surface area (Å²) in [6.45, 7) is 0. The highest BCUT2D eigenvalue weighted by Crippen LogP contribution is 2.27. The molecule has 0 bridgehead atoms. The Balaban J connectivity index is 2.27. The molecule has 0 aromatic heterocycles. The van der Waals surface area contributed by atoms with Crippen LogP contribution in [0.25, 0.3) is 10.8 Å². The van der Waals surface area contributed by atoms with Crippen molar-refractivity contribution in [2.45, 2.75) is 0 Å². The average Bonchev–Trinajstić information content (AvgIpc) is 2.71. The zero-order valence-corrected chi connectivity index (χ0v) is 14.3. The van der Waals surface area contributed by atoms with Crippen molar-refractivity contribution in [2.24, 2.45) is 0 Å². The second kappa shape index (κ2) is 7.19. The molecule has 0 fully saturated rings. The molecule has 0 heterocycles. The predicted molar refractivity (Wildman–Crippen MR) is 96.5 cm³/mol. The molecule has 0 aliphatic heterocycles. The molecule has 0 atom stereocenters. The predicted octanol–water partition coefficient (Wildman–Crippen LogP) is 3.64. The third-order valence-electron chi connectivity index (χ3n) is 4.11. The van der Waals surface area contributed by atoms with Gasteiger partial charge in [-0.15, -0.1) is 0 Å². The molecular formula is C21H16O5. The first-order valence-corrected chi connectivity index (χ1v) is 7.90. The van der Waals surface area contributed by atoms with Crippen molar-refractivity contribution in [3.63, 3.8) is 0 Å². The molecule has 3 rings (SSSR count). The lowest BCUT2D eigenvalue weighted by Crippen LogP contribution is -2.12. The first-order chi connectivity index (χ1) is 12.6.